The average molecular weight is 355 g/mol. The van der Waals surface area contributed by atoms with Gasteiger partial charge in [0, 0.05) is 11.3 Å². The fourth-order valence-electron chi connectivity index (χ4n) is 3.29. The summed E-state index contributed by atoms with van der Waals surface area (Å²) in [6.45, 7) is 2.03. The molecule has 4 nitrogen and oxygen atoms in total. The summed E-state index contributed by atoms with van der Waals surface area (Å²) in [7, 11) is 0. The SMILES string of the molecule is CC[C@H](C(=O)Nc1ccc(-c2nc3ccccc3[nH]2)cc1)c1ccccc1. The number of hydrogen-bond donors (Lipinski definition) is 2. The number of H-pyrrole nitrogens is 1. The first-order valence-electron chi connectivity index (χ1n) is 9.15. The molecular formula is C23H21N3O. The highest BCUT2D eigenvalue weighted by Crippen LogP contribution is 2.24. The number of fused-ring (bicyclic) bond motifs is 1. The monoisotopic (exact) mass is 355 g/mol. The van der Waals surface area contributed by atoms with Crippen LogP contribution in [0.1, 0.15) is 24.8 Å². The summed E-state index contributed by atoms with van der Waals surface area (Å²) >= 11 is 0. The molecule has 0 saturated heterocycles. The van der Waals surface area contributed by atoms with Gasteiger partial charge in [-0.2, -0.15) is 0 Å². The van der Waals surface area contributed by atoms with Crippen molar-refractivity contribution < 1.29 is 4.79 Å². The lowest BCUT2D eigenvalue weighted by Crippen LogP contribution is -2.20. The van der Waals surface area contributed by atoms with Crippen molar-refractivity contribution in [1.29, 1.82) is 0 Å². The largest absolute Gasteiger partial charge is 0.338 e. The molecule has 1 heterocycles. The third-order valence-electron chi connectivity index (χ3n) is 4.74. The van der Waals surface area contributed by atoms with Gasteiger partial charge in [-0.25, -0.2) is 4.98 Å². The number of carbonyl (C=O) groups is 1. The van der Waals surface area contributed by atoms with Crippen molar-refractivity contribution in [2.24, 2.45) is 0 Å². The third kappa shape index (κ3) is 3.60. The second kappa shape index (κ2) is 7.46. The van der Waals surface area contributed by atoms with E-state index in [4.69, 9.17) is 0 Å². The smallest absolute Gasteiger partial charge is 0.231 e. The van der Waals surface area contributed by atoms with Gasteiger partial charge in [-0.15, -0.1) is 0 Å². The summed E-state index contributed by atoms with van der Waals surface area (Å²) in [5.74, 6) is 0.686. The number of carbonyl (C=O) groups excluding carboxylic acids is 1. The fraction of sp³-hybridized carbons (Fsp3) is 0.130. The van der Waals surface area contributed by atoms with E-state index in [1.54, 1.807) is 0 Å². The first kappa shape index (κ1) is 17.0. The molecule has 0 aliphatic rings. The zero-order chi connectivity index (χ0) is 18.6. The highest BCUT2D eigenvalue weighted by Gasteiger charge is 2.18. The molecular weight excluding hydrogens is 334 g/mol. The Hall–Kier alpha value is -3.40. The zero-order valence-electron chi connectivity index (χ0n) is 15.1. The number of amides is 1. The second-order valence-corrected chi connectivity index (χ2v) is 6.54. The molecule has 2 N–H and O–H groups in total. The molecule has 1 atom stereocenters. The molecule has 0 radical (unpaired) electrons. The van der Waals surface area contributed by atoms with Gasteiger partial charge < -0.3 is 10.3 Å². The molecule has 0 spiro atoms. The van der Waals surface area contributed by atoms with Gasteiger partial charge in [0.1, 0.15) is 5.82 Å². The molecule has 0 saturated carbocycles. The van der Waals surface area contributed by atoms with Gasteiger partial charge >= 0.3 is 0 Å². The maximum atomic E-state index is 12.7. The van der Waals surface area contributed by atoms with Gasteiger partial charge in [0.05, 0.1) is 17.0 Å². The van der Waals surface area contributed by atoms with Gasteiger partial charge in [0.2, 0.25) is 5.91 Å². The standard InChI is InChI=1S/C23H21N3O/c1-2-19(16-8-4-3-5-9-16)23(27)24-18-14-12-17(13-15-18)22-25-20-10-6-7-11-21(20)26-22/h3-15,19H,2H2,1H3,(H,24,27)(H,25,26)/t19-/m0/s1. The number of nitrogens with one attached hydrogen (secondary N) is 2. The molecule has 4 aromatic rings. The minimum atomic E-state index is -0.152. The van der Waals surface area contributed by atoms with Crippen LogP contribution in [0.3, 0.4) is 0 Å². The summed E-state index contributed by atoms with van der Waals surface area (Å²) in [6.07, 6.45) is 0.757. The number of nitrogens with zero attached hydrogens (tertiary/aromatic N) is 1. The van der Waals surface area contributed by atoms with Crippen molar-refractivity contribution in [3.05, 3.63) is 84.4 Å². The van der Waals surface area contributed by atoms with Crippen LogP contribution in [-0.2, 0) is 4.79 Å². The molecule has 27 heavy (non-hydrogen) atoms. The summed E-state index contributed by atoms with van der Waals surface area (Å²) in [4.78, 5) is 20.6. The number of anilines is 1. The highest BCUT2D eigenvalue weighted by atomic mass is 16.1. The zero-order valence-corrected chi connectivity index (χ0v) is 15.1. The molecule has 1 aromatic heterocycles. The minimum absolute atomic E-state index is 0.0141. The van der Waals surface area contributed by atoms with E-state index in [0.29, 0.717) is 0 Å². The quantitative estimate of drug-likeness (QED) is 0.506. The van der Waals surface area contributed by atoms with E-state index in [1.165, 1.54) is 0 Å². The van der Waals surface area contributed by atoms with Crippen LogP contribution in [0.5, 0.6) is 0 Å². The van der Waals surface area contributed by atoms with Gasteiger partial charge in [0.25, 0.3) is 0 Å². The molecule has 3 aromatic carbocycles. The summed E-state index contributed by atoms with van der Waals surface area (Å²) in [5.41, 5.74) is 4.77. The lowest BCUT2D eigenvalue weighted by Gasteiger charge is -2.15. The Morgan fingerprint density at radius 3 is 2.37 bits per heavy atom. The van der Waals surface area contributed by atoms with Gasteiger partial charge in [-0.3, -0.25) is 4.79 Å². The number of benzene rings is 3. The van der Waals surface area contributed by atoms with Crippen LogP contribution in [-0.4, -0.2) is 15.9 Å². The maximum Gasteiger partial charge on any atom is 0.231 e. The van der Waals surface area contributed by atoms with Gasteiger partial charge in [-0.1, -0.05) is 49.4 Å². The van der Waals surface area contributed by atoms with E-state index in [0.717, 1.165) is 40.1 Å². The minimum Gasteiger partial charge on any atom is -0.338 e. The summed E-state index contributed by atoms with van der Waals surface area (Å²) < 4.78 is 0. The fourth-order valence-corrected chi connectivity index (χ4v) is 3.29. The topological polar surface area (TPSA) is 57.8 Å². The number of para-hydroxylation sites is 2. The van der Waals surface area contributed by atoms with E-state index in [2.05, 4.69) is 15.3 Å². The maximum absolute atomic E-state index is 12.7. The van der Waals surface area contributed by atoms with E-state index in [9.17, 15) is 4.79 Å². The first-order valence-corrected chi connectivity index (χ1v) is 9.15. The second-order valence-electron chi connectivity index (χ2n) is 6.54. The molecule has 1 amide bonds. The molecule has 4 rings (SSSR count). The van der Waals surface area contributed by atoms with Crippen LogP contribution in [0.25, 0.3) is 22.4 Å². The molecule has 0 unspecified atom stereocenters. The first-order chi connectivity index (χ1) is 13.2. The molecule has 134 valence electrons. The van der Waals surface area contributed by atoms with Crippen molar-refractivity contribution in [2.45, 2.75) is 19.3 Å². The number of hydrogen-bond acceptors (Lipinski definition) is 2. The molecule has 0 aliphatic heterocycles. The normalized spacial score (nSPS) is 12.0. The van der Waals surface area contributed by atoms with E-state index >= 15 is 0 Å². The lowest BCUT2D eigenvalue weighted by atomic mass is 9.95. The number of aromatic nitrogens is 2. The Bertz CT molecular complexity index is 1020. The third-order valence-corrected chi connectivity index (χ3v) is 4.74. The van der Waals surface area contributed by atoms with Crippen molar-refractivity contribution in [1.82, 2.24) is 9.97 Å². The van der Waals surface area contributed by atoms with E-state index < -0.39 is 0 Å². The van der Waals surface area contributed by atoms with Crippen molar-refractivity contribution in [3.63, 3.8) is 0 Å². The number of aromatic amines is 1. The van der Waals surface area contributed by atoms with Crippen LogP contribution in [0.15, 0.2) is 78.9 Å². The summed E-state index contributed by atoms with van der Waals surface area (Å²) in [6, 6.07) is 25.6. The summed E-state index contributed by atoms with van der Waals surface area (Å²) in [5, 5.41) is 3.03. The molecule has 0 bridgehead atoms. The van der Waals surface area contributed by atoms with Crippen LogP contribution >= 0.6 is 0 Å². The van der Waals surface area contributed by atoms with Crippen LogP contribution in [0.2, 0.25) is 0 Å². The van der Waals surface area contributed by atoms with Crippen molar-refractivity contribution in [3.8, 4) is 11.4 Å². The van der Waals surface area contributed by atoms with Crippen LogP contribution in [0, 0.1) is 0 Å². The van der Waals surface area contributed by atoms with Gasteiger partial charge in [-0.05, 0) is 48.4 Å². The predicted molar refractivity (Wildman–Crippen MR) is 110 cm³/mol. The average Bonchev–Trinajstić information content (AvgIpc) is 3.14. The molecule has 0 aliphatic carbocycles. The van der Waals surface area contributed by atoms with E-state index in [1.807, 2.05) is 85.8 Å². The number of rotatable bonds is 5. The molecule has 4 heteroatoms. The Morgan fingerprint density at radius 1 is 0.963 bits per heavy atom. The number of imidazole rings is 1. The Morgan fingerprint density at radius 2 is 1.67 bits per heavy atom. The Balaban J connectivity index is 1.51. The molecule has 0 fully saturated rings. The van der Waals surface area contributed by atoms with Crippen LogP contribution < -0.4 is 5.32 Å². The highest BCUT2D eigenvalue weighted by molar-refractivity contribution is 5.96. The predicted octanol–water partition coefficient (Wildman–Crippen LogP) is 5.36. The van der Waals surface area contributed by atoms with Gasteiger partial charge in [0.15, 0.2) is 0 Å². The Labute approximate surface area is 158 Å². The Kier molecular flexibility index (Phi) is 4.71. The lowest BCUT2D eigenvalue weighted by molar-refractivity contribution is -0.117. The van der Waals surface area contributed by atoms with Crippen molar-refractivity contribution in [2.75, 3.05) is 5.32 Å². The van der Waals surface area contributed by atoms with Crippen molar-refractivity contribution >= 4 is 22.6 Å². The van der Waals surface area contributed by atoms with E-state index in [-0.39, 0.29) is 11.8 Å². The van der Waals surface area contributed by atoms with Crippen LogP contribution in [0.4, 0.5) is 5.69 Å².